The number of benzene rings is 3. The number of rotatable bonds is 7. The van der Waals surface area contributed by atoms with E-state index >= 15 is 0 Å². The van der Waals surface area contributed by atoms with Crippen molar-refractivity contribution in [2.45, 2.75) is 12.5 Å². The third-order valence-corrected chi connectivity index (χ3v) is 4.79. The monoisotopic (exact) mass is 427 g/mol. The first-order chi connectivity index (χ1) is 13.0. The Hall–Kier alpha value is -2.66. The Morgan fingerprint density at radius 1 is 1.00 bits per heavy atom. The van der Waals surface area contributed by atoms with Crippen LogP contribution in [0.5, 0.6) is 5.75 Å². The number of ether oxygens (including phenoxy) is 1. The van der Waals surface area contributed by atoms with Crippen molar-refractivity contribution in [3.63, 3.8) is 0 Å². The molecule has 0 aliphatic rings. The molecule has 3 nitrogen and oxygen atoms in total. The molecule has 1 N–H and O–H groups in total. The number of halogens is 2. The molecule has 3 aromatic carbocycles. The molecule has 0 bridgehead atoms. The molecule has 0 fully saturated rings. The topological polar surface area (TPSA) is 38.3 Å². The Bertz CT molecular complexity index is 893. The highest BCUT2D eigenvalue weighted by atomic mass is 79.9. The maximum absolute atomic E-state index is 13.3. The van der Waals surface area contributed by atoms with Gasteiger partial charge in [-0.3, -0.25) is 4.79 Å². The minimum atomic E-state index is -0.303. The molecular weight excluding hydrogens is 409 g/mol. The molecule has 0 aliphatic heterocycles. The first kappa shape index (κ1) is 19.1. The number of carbonyl (C=O) groups is 1. The van der Waals surface area contributed by atoms with Crippen LogP contribution in [-0.2, 0) is 0 Å². The average molecular weight is 428 g/mol. The highest BCUT2D eigenvalue weighted by Crippen LogP contribution is 2.26. The second kappa shape index (κ2) is 8.82. The number of hydrogen-bond donors (Lipinski definition) is 1. The van der Waals surface area contributed by atoms with Crippen molar-refractivity contribution in [3.05, 3.63) is 94.2 Å². The zero-order chi connectivity index (χ0) is 19.2. The lowest BCUT2D eigenvalue weighted by molar-refractivity contribution is 0.0976. The van der Waals surface area contributed by atoms with Gasteiger partial charge in [0.25, 0.3) is 0 Å². The van der Waals surface area contributed by atoms with Gasteiger partial charge in [-0.15, -0.1) is 0 Å². The van der Waals surface area contributed by atoms with E-state index < -0.39 is 0 Å². The van der Waals surface area contributed by atoms with Gasteiger partial charge in [-0.25, -0.2) is 4.39 Å². The Balaban J connectivity index is 1.82. The van der Waals surface area contributed by atoms with Crippen molar-refractivity contribution < 1.29 is 13.9 Å². The van der Waals surface area contributed by atoms with Crippen LogP contribution in [0, 0.1) is 5.82 Å². The van der Waals surface area contributed by atoms with Crippen LogP contribution in [0.1, 0.15) is 28.4 Å². The summed E-state index contributed by atoms with van der Waals surface area (Å²) in [6.07, 6.45) is 0.244. The molecule has 3 aromatic rings. The first-order valence-corrected chi connectivity index (χ1v) is 9.29. The SMILES string of the molecule is COc1ccc(C(=O)C[C@@H](Nc2ccc(Br)cc2)c2ccc(F)cc2)cc1. The Kier molecular flexibility index (Phi) is 6.24. The van der Waals surface area contributed by atoms with Crippen LogP contribution in [0.25, 0.3) is 0 Å². The predicted molar refractivity (Wildman–Crippen MR) is 109 cm³/mol. The van der Waals surface area contributed by atoms with E-state index in [9.17, 15) is 9.18 Å². The summed E-state index contributed by atoms with van der Waals surface area (Å²) in [7, 11) is 1.59. The Morgan fingerprint density at radius 3 is 2.22 bits per heavy atom. The summed E-state index contributed by atoms with van der Waals surface area (Å²) in [5.74, 6) is 0.397. The second-order valence-corrected chi connectivity index (χ2v) is 7.03. The van der Waals surface area contributed by atoms with Crippen LogP contribution in [0.2, 0.25) is 0 Å². The average Bonchev–Trinajstić information content (AvgIpc) is 2.70. The molecule has 0 heterocycles. The van der Waals surface area contributed by atoms with Crippen LogP contribution >= 0.6 is 15.9 Å². The van der Waals surface area contributed by atoms with Crippen LogP contribution in [0.4, 0.5) is 10.1 Å². The zero-order valence-electron chi connectivity index (χ0n) is 14.8. The summed E-state index contributed by atoms with van der Waals surface area (Å²) in [6, 6.07) is 20.7. The number of hydrogen-bond acceptors (Lipinski definition) is 3. The van der Waals surface area contributed by atoms with E-state index in [-0.39, 0.29) is 24.1 Å². The quantitative estimate of drug-likeness (QED) is 0.468. The van der Waals surface area contributed by atoms with Gasteiger partial charge in [-0.1, -0.05) is 28.1 Å². The maximum atomic E-state index is 13.3. The Labute approximate surface area is 166 Å². The van der Waals surface area contributed by atoms with Gasteiger partial charge in [0.05, 0.1) is 13.2 Å². The highest BCUT2D eigenvalue weighted by molar-refractivity contribution is 9.10. The second-order valence-electron chi connectivity index (χ2n) is 6.11. The predicted octanol–water partition coefficient (Wildman–Crippen LogP) is 6.02. The standard InChI is InChI=1S/C22H19BrFNO2/c1-27-20-12-4-16(5-13-20)22(26)14-21(15-2-8-18(24)9-3-15)25-19-10-6-17(23)7-11-19/h2-13,21,25H,14H2,1H3/t21-/m1/s1. The van der Waals surface area contributed by atoms with E-state index in [0.29, 0.717) is 11.3 Å². The van der Waals surface area contributed by atoms with Gasteiger partial charge in [0.1, 0.15) is 11.6 Å². The van der Waals surface area contributed by atoms with Crippen LogP contribution < -0.4 is 10.1 Å². The minimum Gasteiger partial charge on any atom is -0.497 e. The molecule has 0 radical (unpaired) electrons. The summed E-state index contributed by atoms with van der Waals surface area (Å²) in [5, 5.41) is 3.38. The van der Waals surface area contributed by atoms with Crippen molar-refractivity contribution in [2.75, 3.05) is 12.4 Å². The molecule has 5 heteroatoms. The molecule has 0 aliphatic carbocycles. The molecule has 0 unspecified atom stereocenters. The van der Waals surface area contributed by atoms with Gasteiger partial charge in [-0.2, -0.15) is 0 Å². The lowest BCUT2D eigenvalue weighted by Gasteiger charge is -2.20. The van der Waals surface area contributed by atoms with E-state index in [1.807, 2.05) is 24.3 Å². The van der Waals surface area contributed by atoms with E-state index in [0.717, 1.165) is 15.7 Å². The molecule has 0 amide bonds. The van der Waals surface area contributed by atoms with Crippen LogP contribution in [0.15, 0.2) is 77.3 Å². The third-order valence-electron chi connectivity index (χ3n) is 4.26. The number of anilines is 1. The zero-order valence-corrected chi connectivity index (χ0v) is 16.4. The van der Waals surface area contributed by atoms with Crippen LogP contribution in [-0.4, -0.2) is 12.9 Å². The van der Waals surface area contributed by atoms with Crippen molar-refractivity contribution >= 4 is 27.4 Å². The number of Topliss-reactive ketones (excluding diaryl/α,β-unsaturated/α-hetero) is 1. The largest absolute Gasteiger partial charge is 0.497 e. The van der Waals surface area contributed by atoms with E-state index in [1.54, 1.807) is 43.5 Å². The smallest absolute Gasteiger partial charge is 0.165 e. The summed E-state index contributed by atoms with van der Waals surface area (Å²) in [4.78, 5) is 12.8. The van der Waals surface area contributed by atoms with Gasteiger partial charge in [0.15, 0.2) is 5.78 Å². The summed E-state index contributed by atoms with van der Waals surface area (Å²) in [5.41, 5.74) is 2.34. The molecule has 27 heavy (non-hydrogen) atoms. The fourth-order valence-electron chi connectivity index (χ4n) is 2.77. The highest BCUT2D eigenvalue weighted by Gasteiger charge is 2.18. The van der Waals surface area contributed by atoms with Gasteiger partial charge < -0.3 is 10.1 Å². The maximum Gasteiger partial charge on any atom is 0.165 e. The lowest BCUT2D eigenvalue weighted by Crippen LogP contribution is -2.16. The number of ketones is 1. The normalized spacial score (nSPS) is 11.7. The molecule has 0 aromatic heterocycles. The molecule has 138 valence electrons. The number of nitrogens with one attached hydrogen (secondary N) is 1. The summed E-state index contributed by atoms with van der Waals surface area (Å²) in [6.45, 7) is 0. The van der Waals surface area contributed by atoms with Crippen molar-refractivity contribution in [1.82, 2.24) is 0 Å². The molecule has 0 saturated carbocycles. The van der Waals surface area contributed by atoms with E-state index in [4.69, 9.17) is 4.74 Å². The van der Waals surface area contributed by atoms with Gasteiger partial charge in [0, 0.05) is 22.1 Å². The lowest BCUT2D eigenvalue weighted by atomic mass is 9.97. The van der Waals surface area contributed by atoms with Crippen molar-refractivity contribution in [3.8, 4) is 5.75 Å². The van der Waals surface area contributed by atoms with Crippen molar-refractivity contribution in [1.29, 1.82) is 0 Å². The summed E-state index contributed by atoms with van der Waals surface area (Å²) >= 11 is 3.41. The van der Waals surface area contributed by atoms with E-state index in [1.165, 1.54) is 12.1 Å². The fourth-order valence-corrected chi connectivity index (χ4v) is 3.04. The summed E-state index contributed by atoms with van der Waals surface area (Å²) < 4.78 is 19.4. The van der Waals surface area contributed by atoms with Gasteiger partial charge in [0.2, 0.25) is 0 Å². The first-order valence-electron chi connectivity index (χ1n) is 8.50. The molecule has 1 atom stereocenters. The van der Waals surface area contributed by atoms with Gasteiger partial charge in [-0.05, 0) is 66.2 Å². The van der Waals surface area contributed by atoms with Crippen LogP contribution in [0.3, 0.4) is 0 Å². The number of methoxy groups -OCH3 is 1. The molecule has 0 spiro atoms. The fraction of sp³-hybridized carbons (Fsp3) is 0.136. The third kappa shape index (κ3) is 5.17. The van der Waals surface area contributed by atoms with E-state index in [2.05, 4.69) is 21.2 Å². The minimum absolute atomic E-state index is 0.00316. The van der Waals surface area contributed by atoms with Crippen molar-refractivity contribution in [2.24, 2.45) is 0 Å². The molecular formula is C22H19BrFNO2. The molecule has 0 saturated heterocycles. The number of carbonyl (C=O) groups excluding carboxylic acids is 1. The Morgan fingerprint density at radius 2 is 1.63 bits per heavy atom. The molecule has 3 rings (SSSR count). The van der Waals surface area contributed by atoms with Gasteiger partial charge >= 0.3 is 0 Å².